The molecule has 0 aliphatic rings. The van der Waals surface area contributed by atoms with E-state index < -0.39 is 0 Å². The number of fused-ring (bicyclic) bond motifs is 1. The van der Waals surface area contributed by atoms with Gasteiger partial charge in [-0.2, -0.15) is 0 Å². The Morgan fingerprint density at radius 1 is 0.963 bits per heavy atom. The Morgan fingerprint density at radius 2 is 1.67 bits per heavy atom. The lowest BCUT2D eigenvalue weighted by Crippen LogP contribution is -1.98. The molecule has 1 heterocycles. The molecule has 1 aromatic heterocycles. The van der Waals surface area contributed by atoms with Gasteiger partial charge in [-0.15, -0.1) is 9.24 Å². The number of aromatic amines is 1. The quantitative estimate of drug-likeness (QED) is 0.440. The van der Waals surface area contributed by atoms with Gasteiger partial charge in [0.2, 0.25) is 0 Å². The molecule has 0 bridgehead atoms. The zero-order valence-corrected chi connectivity index (χ0v) is 18.2. The van der Waals surface area contributed by atoms with Crippen molar-refractivity contribution in [2.75, 3.05) is 0 Å². The molecule has 1 N–H and O–H groups in total. The van der Waals surface area contributed by atoms with Crippen molar-refractivity contribution in [1.29, 1.82) is 0 Å². The summed E-state index contributed by atoms with van der Waals surface area (Å²) in [6.07, 6.45) is 4.85. The lowest BCUT2D eigenvalue weighted by molar-refractivity contribution is 0.468. The van der Waals surface area contributed by atoms with E-state index in [1.807, 2.05) is 6.92 Å². The summed E-state index contributed by atoms with van der Waals surface area (Å²) in [5.41, 5.74) is 3.81. The molecule has 0 amide bonds. The first-order valence-corrected chi connectivity index (χ1v) is 10.6. The number of benzene rings is 2. The summed E-state index contributed by atoms with van der Waals surface area (Å²) in [4.78, 5) is 3.56. The zero-order valence-electron chi connectivity index (χ0n) is 17.1. The van der Waals surface area contributed by atoms with E-state index in [9.17, 15) is 4.39 Å². The molecule has 3 aromatic rings. The van der Waals surface area contributed by atoms with Gasteiger partial charge in [0.25, 0.3) is 0 Å². The van der Waals surface area contributed by atoms with Crippen molar-refractivity contribution in [2.24, 2.45) is 5.92 Å². The Bertz CT molecular complexity index is 822. The first kappa shape index (κ1) is 21.6. The van der Waals surface area contributed by atoms with Crippen LogP contribution in [0, 0.1) is 11.7 Å². The van der Waals surface area contributed by atoms with Crippen LogP contribution >= 0.6 is 9.24 Å². The van der Waals surface area contributed by atoms with E-state index in [0.29, 0.717) is 5.92 Å². The van der Waals surface area contributed by atoms with Crippen LogP contribution in [0.5, 0.6) is 0 Å². The fourth-order valence-corrected chi connectivity index (χ4v) is 3.33. The number of rotatable bonds is 6. The van der Waals surface area contributed by atoms with Crippen LogP contribution in [0.3, 0.4) is 0 Å². The minimum Gasteiger partial charge on any atom is -0.358 e. The molecule has 0 aliphatic heterocycles. The van der Waals surface area contributed by atoms with E-state index in [-0.39, 0.29) is 5.82 Å². The van der Waals surface area contributed by atoms with Gasteiger partial charge in [-0.1, -0.05) is 58.7 Å². The molecule has 3 rings (SSSR count). The first-order chi connectivity index (χ1) is 12.9. The molecule has 0 saturated carbocycles. The largest absolute Gasteiger partial charge is 0.358 e. The number of hydrogen-bond donors (Lipinski definition) is 1. The second-order valence-corrected chi connectivity index (χ2v) is 8.21. The molecule has 2 aromatic carbocycles. The topological polar surface area (TPSA) is 15.8 Å². The highest BCUT2D eigenvalue weighted by molar-refractivity contribution is 7.27. The lowest BCUT2D eigenvalue weighted by Gasteiger charge is -2.12. The Hall–Kier alpha value is -1.66. The number of hydrogen-bond acceptors (Lipinski definition) is 0. The van der Waals surface area contributed by atoms with E-state index >= 15 is 0 Å². The summed E-state index contributed by atoms with van der Waals surface area (Å²) >= 11 is 0. The molecule has 0 fully saturated rings. The van der Waals surface area contributed by atoms with Crippen LogP contribution in [-0.2, 0) is 6.42 Å². The van der Waals surface area contributed by atoms with Crippen LogP contribution in [0.15, 0.2) is 48.5 Å². The molecular formula is C24H33FNP. The van der Waals surface area contributed by atoms with Crippen molar-refractivity contribution in [3.05, 3.63) is 65.6 Å². The van der Waals surface area contributed by atoms with Gasteiger partial charge in [-0.25, -0.2) is 4.39 Å². The maximum atomic E-state index is 12.2. The monoisotopic (exact) mass is 385 g/mol. The molecule has 0 aliphatic carbocycles. The third-order valence-corrected chi connectivity index (χ3v) is 5.67. The van der Waals surface area contributed by atoms with Crippen molar-refractivity contribution in [3.8, 4) is 0 Å². The summed E-state index contributed by atoms with van der Waals surface area (Å²) in [7, 11) is 2.76. The second-order valence-electron chi connectivity index (χ2n) is 7.54. The van der Waals surface area contributed by atoms with Gasteiger partial charge in [-0.05, 0) is 65.9 Å². The third kappa shape index (κ3) is 6.78. The van der Waals surface area contributed by atoms with Gasteiger partial charge in [0.15, 0.2) is 0 Å². The SMILES string of the molecule is CCC(C)CCC(C)c1cc2cc(P)ccc2[nH]1.CCc1ccc(F)cc1. The normalized spacial score (nSPS) is 13.1. The Kier molecular flexibility index (Phi) is 8.51. The molecular weight excluding hydrogens is 352 g/mol. The van der Waals surface area contributed by atoms with Crippen LogP contribution in [-0.4, -0.2) is 4.98 Å². The molecule has 146 valence electrons. The maximum Gasteiger partial charge on any atom is 0.123 e. The number of aromatic nitrogens is 1. The summed E-state index contributed by atoms with van der Waals surface area (Å²) in [5.74, 6) is 1.31. The summed E-state index contributed by atoms with van der Waals surface area (Å²) in [6.45, 7) is 9.00. The van der Waals surface area contributed by atoms with Gasteiger partial charge < -0.3 is 4.98 Å². The molecule has 0 saturated heterocycles. The predicted molar refractivity (Wildman–Crippen MR) is 121 cm³/mol. The zero-order chi connectivity index (χ0) is 19.8. The van der Waals surface area contributed by atoms with Crippen LogP contribution in [0.4, 0.5) is 4.39 Å². The van der Waals surface area contributed by atoms with E-state index in [4.69, 9.17) is 0 Å². The molecule has 1 nitrogen and oxygen atoms in total. The average Bonchev–Trinajstić information content (AvgIpc) is 3.10. The second kappa shape index (κ2) is 10.6. The van der Waals surface area contributed by atoms with Gasteiger partial charge in [0.1, 0.15) is 5.82 Å². The highest BCUT2D eigenvalue weighted by Crippen LogP contribution is 2.26. The lowest BCUT2D eigenvalue weighted by atomic mass is 9.94. The molecule has 3 heteroatoms. The average molecular weight is 386 g/mol. The smallest absolute Gasteiger partial charge is 0.123 e. The van der Waals surface area contributed by atoms with Crippen molar-refractivity contribution in [2.45, 2.75) is 59.3 Å². The van der Waals surface area contributed by atoms with Gasteiger partial charge in [0, 0.05) is 16.6 Å². The van der Waals surface area contributed by atoms with E-state index in [0.717, 1.165) is 12.3 Å². The van der Waals surface area contributed by atoms with Crippen molar-refractivity contribution < 1.29 is 4.39 Å². The number of halogens is 1. The van der Waals surface area contributed by atoms with Gasteiger partial charge >= 0.3 is 0 Å². The maximum absolute atomic E-state index is 12.2. The van der Waals surface area contributed by atoms with Gasteiger partial charge in [-0.3, -0.25) is 0 Å². The Labute approximate surface area is 166 Å². The van der Waals surface area contributed by atoms with E-state index in [1.165, 1.54) is 58.9 Å². The van der Waals surface area contributed by atoms with Crippen molar-refractivity contribution in [1.82, 2.24) is 4.98 Å². The summed E-state index contributed by atoms with van der Waals surface area (Å²) in [5, 5.41) is 2.58. The minimum absolute atomic E-state index is 0.160. The highest BCUT2D eigenvalue weighted by atomic mass is 31.0. The van der Waals surface area contributed by atoms with Crippen LogP contribution < -0.4 is 5.30 Å². The summed E-state index contributed by atoms with van der Waals surface area (Å²) < 4.78 is 12.2. The van der Waals surface area contributed by atoms with E-state index in [2.05, 4.69) is 59.3 Å². The van der Waals surface area contributed by atoms with Crippen molar-refractivity contribution >= 4 is 25.4 Å². The fraction of sp³-hybridized carbons (Fsp3) is 0.417. The molecule has 3 atom stereocenters. The molecule has 0 radical (unpaired) electrons. The fourth-order valence-electron chi connectivity index (χ4n) is 3.05. The number of aryl methyl sites for hydroxylation is 1. The molecule has 0 spiro atoms. The predicted octanol–water partition coefficient (Wildman–Crippen LogP) is 6.99. The number of H-pyrrole nitrogens is 1. The standard InChI is InChI=1S/C16H24NP.C8H9F/c1-4-11(2)5-6-12(3)16-10-13-9-14(18)7-8-15(13)17-16;1-2-7-3-5-8(9)6-4-7/h7-12,17H,4-6,18H2,1-3H3;3-6H,2H2,1H3. The number of nitrogens with one attached hydrogen (secondary N) is 1. The first-order valence-electron chi connectivity index (χ1n) is 10.1. The highest BCUT2D eigenvalue weighted by Gasteiger charge is 2.10. The minimum atomic E-state index is -0.160. The van der Waals surface area contributed by atoms with Crippen molar-refractivity contribution in [3.63, 3.8) is 0 Å². The summed E-state index contributed by atoms with van der Waals surface area (Å²) in [6, 6.07) is 15.4. The van der Waals surface area contributed by atoms with Crippen LogP contribution in [0.2, 0.25) is 0 Å². The molecule has 3 unspecified atom stereocenters. The van der Waals surface area contributed by atoms with E-state index in [1.54, 1.807) is 12.1 Å². The van der Waals surface area contributed by atoms with Gasteiger partial charge in [0.05, 0.1) is 0 Å². The molecule has 27 heavy (non-hydrogen) atoms. The Balaban J connectivity index is 0.000000244. The van der Waals surface area contributed by atoms with Crippen LogP contribution in [0.25, 0.3) is 10.9 Å². The Morgan fingerprint density at radius 3 is 2.30 bits per heavy atom. The van der Waals surface area contributed by atoms with Crippen LogP contribution in [0.1, 0.15) is 64.1 Å². The third-order valence-electron chi connectivity index (χ3n) is 5.31.